The summed E-state index contributed by atoms with van der Waals surface area (Å²) in [5, 5.41) is 13.8. The molecule has 1 unspecified atom stereocenters. The summed E-state index contributed by atoms with van der Waals surface area (Å²) in [6.45, 7) is 4.65. The number of hydrogen-bond acceptors (Lipinski definition) is 6. The normalized spacial score (nSPS) is 14.3. The van der Waals surface area contributed by atoms with Gasteiger partial charge in [0.15, 0.2) is 0 Å². The number of phosphoric acid groups is 1. The zero-order valence-corrected chi connectivity index (χ0v) is 40.2. The van der Waals surface area contributed by atoms with Crippen molar-refractivity contribution in [2.75, 3.05) is 40.9 Å². The van der Waals surface area contributed by atoms with Crippen LogP contribution in [0.25, 0.3) is 0 Å². The highest BCUT2D eigenvalue weighted by atomic mass is 31.2. The highest BCUT2D eigenvalue weighted by Gasteiger charge is 2.23. The van der Waals surface area contributed by atoms with Crippen molar-refractivity contribution in [3.8, 4) is 0 Å². The molecule has 0 aromatic carbocycles. The van der Waals surface area contributed by atoms with E-state index in [1.807, 2.05) is 27.2 Å². The van der Waals surface area contributed by atoms with Gasteiger partial charge in [0.2, 0.25) is 5.91 Å². The van der Waals surface area contributed by atoms with Crippen molar-refractivity contribution in [2.24, 2.45) is 0 Å². The number of quaternary nitrogens is 1. The van der Waals surface area contributed by atoms with Crippen LogP contribution in [0.3, 0.4) is 0 Å². The molecule has 0 aromatic heterocycles. The molecule has 0 aliphatic heterocycles. The van der Waals surface area contributed by atoms with Crippen LogP contribution < -0.4 is 10.2 Å². The number of rotatable bonds is 46. The average Bonchev–Trinajstić information content (AvgIpc) is 3.17. The largest absolute Gasteiger partial charge is 0.756 e. The van der Waals surface area contributed by atoms with Crippen LogP contribution in [0, 0.1) is 0 Å². The minimum Gasteiger partial charge on any atom is -0.756 e. The first-order valence-corrected chi connectivity index (χ1v) is 26.5. The quantitative estimate of drug-likeness (QED) is 0.0273. The molecule has 0 fully saturated rings. The Morgan fingerprint density at radius 1 is 0.586 bits per heavy atom. The van der Waals surface area contributed by atoms with Crippen LogP contribution >= 0.6 is 7.82 Å². The summed E-state index contributed by atoms with van der Waals surface area (Å²) in [4.78, 5) is 25.3. The summed E-state index contributed by atoms with van der Waals surface area (Å²) in [6.07, 6.45) is 48.6. The van der Waals surface area contributed by atoms with Gasteiger partial charge in [-0.2, -0.15) is 0 Å². The molecule has 0 spiro atoms. The minimum atomic E-state index is -4.58. The number of likely N-dealkylation sites (N-methyl/N-ethyl adjacent to an activating group) is 1. The monoisotopic (exact) mass is 843 g/mol. The van der Waals surface area contributed by atoms with E-state index >= 15 is 0 Å². The fourth-order valence-corrected chi connectivity index (χ4v) is 8.23. The maximum absolute atomic E-state index is 12.9. The first kappa shape index (κ1) is 57.2. The molecule has 0 bridgehead atoms. The number of aliphatic hydroxyl groups is 1. The molecule has 1 amide bonds. The number of carbonyl (C=O) groups is 1. The van der Waals surface area contributed by atoms with Crippen molar-refractivity contribution in [3.63, 3.8) is 0 Å². The van der Waals surface area contributed by atoms with Crippen molar-refractivity contribution in [2.45, 2.75) is 257 Å². The SMILES string of the molecule is CCCCCCCCCC/C=C/[C@@H](O)[C@H](COP(=O)([O-])OCC[N+](C)(C)C)NC(=O)CCCCCCCCCCCCCCCCCCCCCCCCCCCC. The summed E-state index contributed by atoms with van der Waals surface area (Å²) < 4.78 is 23.2. The lowest BCUT2D eigenvalue weighted by Gasteiger charge is -2.29. The Labute approximate surface area is 361 Å². The molecule has 8 nitrogen and oxygen atoms in total. The molecule has 0 aliphatic carbocycles. The number of phosphoric ester groups is 1. The number of aliphatic hydroxyl groups excluding tert-OH is 1. The number of nitrogens with one attached hydrogen (secondary N) is 1. The molecule has 346 valence electrons. The Morgan fingerprint density at radius 3 is 1.29 bits per heavy atom. The second-order valence-corrected chi connectivity index (χ2v) is 19.9. The Kier molecular flexibility index (Phi) is 41.0. The molecule has 0 aromatic rings. The lowest BCUT2D eigenvalue weighted by atomic mass is 10.0. The molecule has 0 aliphatic rings. The molecule has 2 N–H and O–H groups in total. The molecule has 9 heteroatoms. The van der Waals surface area contributed by atoms with Crippen molar-refractivity contribution < 1.29 is 32.9 Å². The molecule has 0 saturated heterocycles. The molecular formula is C49H99N2O6P. The highest BCUT2D eigenvalue weighted by Crippen LogP contribution is 2.38. The van der Waals surface area contributed by atoms with Gasteiger partial charge < -0.3 is 28.8 Å². The second kappa shape index (κ2) is 41.6. The lowest BCUT2D eigenvalue weighted by molar-refractivity contribution is -0.870. The van der Waals surface area contributed by atoms with Crippen LogP contribution in [0.15, 0.2) is 12.2 Å². The number of hydrogen-bond donors (Lipinski definition) is 2. The molecule has 0 radical (unpaired) electrons. The van der Waals surface area contributed by atoms with E-state index in [2.05, 4.69) is 19.2 Å². The van der Waals surface area contributed by atoms with E-state index < -0.39 is 20.0 Å². The van der Waals surface area contributed by atoms with Crippen molar-refractivity contribution in [1.82, 2.24) is 5.32 Å². The third-order valence-corrected chi connectivity index (χ3v) is 12.5. The average molecular weight is 843 g/mol. The van der Waals surface area contributed by atoms with E-state index in [9.17, 15) is 19.4 Å². The summed E-state index contributed by atoms with van der Waals surface area (Å²) in [7, 11) is 1.27. The molecule has 0 saturated carbocycles. The van der Waals surface area contributed by atoms with Gasteiger partial charge in [-0.1, -0.05) is 231 Å². The fraction of sp³-hybridized carbons (Fsp3) is 0.939. The standard InChI is InChI=1S/C49H99N2O6P/c1-6-8-10-12-14-16-18-19-20-21-22-23-24-25-26-27-28-29-30-31-32-33-35-37-39-41-43-49(53)50-47(46-57-58(54,55)56-45-44-51(3,4)5)48(52)42-40-38-36-34-17-15-13-11-9-7-2/h40,42,47-48,52H,6-39,41,43-46H2,1-5H3,(H-,50,53,54,55)/b42-40+/t47-,48+/m0/s1. The maximum Gasteiger partial charge on any atom is 0.268 e. The van der Waals surface area contributed by atoms with E-state index in [1.54, 1.807) is 6.08 Å². The summed E-state index contributed by atoms with van der Waals surface area (Å²) in [5.41, 5.74) is 0. The highest BCUT2D eigenvalue weighted by molar-refractivity contribution is 7.45. The van der Waals surface area contributed by atoms with E-state index in [0.717, 1.165) is 38.5 Å². The molecule has 0 heterocycles. The third kappa shape index (κ3) is 43.3. The van der Waals surface area contributed by atoms with Crippen LogP contribution in [0.5, 0.6) is 0 Å². The van der Waals surface area contributed by atoms with E-state index in [-0.39, 0.29) is 19.1 Å². The predicted octanol–water partition coefficient (Wildman–Crippen LogP) is 13.7. The molecular weight excluding hydrogens is 744 g/mol. The minimum absolute atomic E-state index is 0.00196. The van der Waals surface area contributed by atoms with E-state index in [1.165, 1.54) is 186 Å². The van der Waals surface area contributed by atoms with Gasteiger partial charge in [0.25, 0.3) is 7.82 Å². The number of carbonyl (C=O) groups excluding carboxylic acids is 1. The smallest absolute Gasteiger partial charge is 0.268 e. The van der Waals surface area contributed by atoms with Crippen LogP contribution in [-0.2, 0) is 18.4 Å². The Bertz CT molecular complexity index is 958. The van der Waals surface area contributed by atoms with Gasteiger partial charge in [0.1, 0.15) is 13.2 Å². The van der Waals surface area contributed by atoms with Crippen LogP contribution in [0.2, 0.25) is 0 Å². The first-order chi connectivity index (χ1) is 28.0. The zero-order valence-electron chi connectivity index (χ0n) is 39.3. The maximum atomic E-state index is 12.9. The summed E-state index contributed by atoms with van der Waals surface area (Å²) in [5.74, 6) is -0.194. The number of amides is 1. The Balaban J connectivity index is 4.07. The van der Waals surface area contributed by atoms with Crippen molar-refractivity contribution in [1.29, 1.82) is 0 Å². The first-order valence-electron chi connectivity index (χ1n) is 25.1. The van der Waals surface area contributed by atoms with Gasteiger partial charge >= 0.3 is 0 Å². The van der Waals surface area contributed by atoms with Gasteiger partial charge in [0, 0.05) is 6.42 Å². The predicted molar refractivity (Wildman–Crippen MR) is 247 cm³/mol. The number of allylic oxidation sites excluding steroid dienone is 1. The summed E-state index contributed by atoms with van der Waals surface area (Å²) in [6, 6.07) is -0.879. The fourth-order valence-electron chi connectivity index (χ4n) is 7.51. The Morgan fingerprint density at radius 2 is 0.931 bits per heavy atom. The summed E-state index contributed by atoms with van der Waals surface area (Å²) >= 11 is 0. The van der Waals surface area contributed by atoms with Gasteiger partial charge in [-0.3, -0.25) is 9.36 Å². The molecule has 0 rings (SSSR count). The third-order valence-electron chi connectivity index (χ3n) is 11.5. The van der Waals surface area contributed by atoms with Gasteiger partial charge in [0.05, 0.1) is 39.9 Å². The molecule has 58 heavy (non-hydrogen) atoms. The molecule has 3 atom stereocenters. The Hall–Kier alpha value is -0.760. The second-order valence-electron chi connectivity index (χ2n) is 18.5. The van der Waals surface area contributed by atoms with Crippen LogP contribution in [0.4, 0.5) is 0 Å². The van der Waals surface area contributed by atoms with Gasteiger partial charge in [-0.25, -0.2) is 0 Å². The van der Waals surface area contributed by atoms with Gasteiger partial charge in [-0.05, 0) is 19.3 Å². The van der Waals surface area contributed by atoms with E-state index in [0.29, 0.717) is 17.4 Å². The number of unbranched alkanes of at least 4 members (excludes halogenated alkanes) is 33. The topological polar surface area (TPSA) is 108 Å². The van der Waals surface area contributed by atoms with Crippen molar-refractivity contribution in [3.05, 3.63) is 12.2 Å². The van der Waals surface area contributed by atoms with E-state index in [4.69, 9.17) is 9.05 Å². The lowest BCUT2D eigenvalue weighted by Crippen LogP contribution is -2.45. The van der Waals surface area contributed by atoms with Crippen LogP contribution in [-0.4, -0.2) is 68.5 Å². The van der Waals surface area contributed by atoms with Gasteiger partial charge in [-0.15, -0.1) is 0 Å². The zero-order chi connectivity index (χ0) is 42.8. The van der Waals surface area contributed by atoms with Crippen LogP contribution in [0.1, 0.15) is 245 Å². The van der Waals surface area contributed by atoms with Crippen molar-refractivity contribution >= 4 is 13.7 Å². The number of nitrogens with zero attached hydrogens (tertiary/aromatic N) is 1.